The number of H-pyrrole nitrogens is 1. The van der Waals surface area contributed by atoms with Crippen LogP contribution in [0.15, 0.2) is 24.5 Å². The van der Waals surface area contributed by atoms with Crippen LogP contribution < -0.4 is 10.2 Å². The summed E-state index contributed by atoms with van der Waals surface area (Å²) in [6.07, 6.45) is 7.75. The Bertz CT molecular complexity index is 852. The number of quaternary nitrogens is 1. The van der Waals surface area contributed by atoms with Gasteiger partial charge in [0.15, 0.2) is 5.82 Å². The Morgan fingerprint density at radius 3 is 2.52 bits per heavy atom. The number of fused-ring (bicyclic) bond motifs is 3. The lowest BCUT2D eigenvalue weighted by molar-refractivity contribution is -0.900. The highest BCUT2D eigenvalue weighted by atomic mass is 19.1. The summed E-state index contributed by atoms with van der Waals surface area (Å²) in [5.41, 5.74) is 2.49. The van der Waals surface area contributed by atoms with Gasteiger partial charge in [-0.2, -0.15) is 0 Å². The second-order valence-corrected chi connectivity index (χ2v) is 7.25. The van der Waals surface area contributed by atoms with Crippen molar-refractivity contribution in [1.82, 2.24) is 15.0 Å². The lowest BCUT2D eigenvalue weighted by Gasteiger charge is -2.19. The van der Waals surface area contributed by atoms with Gasteiger partial charge in [-0.05, 0) is 31.0 Å². The van der Waals surface area contributed by atoms with Gasteiger partial charge in [0, 0.05) is 23.9 Å². The molecule has 6 heteroatoms. The van der Waals surface area contributed by atoms with Crippen molar-refractivity contribution in [2.24, 2.45) is 0 Å². The predicted octanol–water partition coefficient (Wildman–Crippen LogP) is 3.54. The smallest absolute Gasteiger partial charge is 0.153 e. The van der Waals surface area contributed by atoms with Gasteiger partial charge in [0.2, 0.25) is 0 Å². The number of rotatable bonds is 11. The molecule has 0 saturated carbocycles. The van der Waals surface area contributed by atoms with Gasteiger partial charge in [-0.1, -0.05) is 26.7 Å². The van der Waals surface area contributed by atoms with Crippen LogP contribution in [0.3, 0.4) is 0 Å². The zero-order valence-corrected chi connectivity index (χ0v) is 16.4. The molecule has 0 aliphatic heterocycles. The fraction of sp³-hybridized carbons (Fsp3) is 0.524. The molecule has 3 N–H and O–H groups in total. The molecule has 0 aliphatic carbocycles. The number of unbranched alkanes of at least 4 members (excludes halogenated alkanes) is 2. The maximum atomic E-state index is 13.6. The molecule has 0 bridgehead atoms. The van der Waals surface area contributed by atoms with Gasteiger partial charge in [-0.15, -0.1) is 0 Å². The highest BCUT2D eigenvalue weighted by Crippen LogP contribution is 2.27. The number of halogens is 1. The molecule has 27 heavy (non-hydrogen) atoms. The second-order valence-electron chi connectivity index (χ2n) is 7.25. The van der Waals surface area contributed by atoms with Gasteiger partial charge in [0.25, 0.3) is 0 Å². The lowest BCUT2D eigenvalue weighted by atomic mass is 10.2. The normalized spacial score (nSPS) is 11.7. The van der Waals surface area contributed by atoms with Gasteiger partial charge < -0.3 is 15.2 Å². The molecule has 1 aromatic carbocycles. The van der Waals surface area contributed by atoms with Crippen LogP contribution in [0.25, 0.3) is 21.9 Å². The Labute approximate surface area is 160 Å². The van der Waals surface area contributed by atoms with Gasteiger partial charge in [-0.3, -0.25) is 0 Å². The van der Waals surface area contributed by atoms with Crippen molar-refractivity contribution < 1.29 is 9.29 Å². The number of nitrogens with zero attached hydrogens (tertiary/aromatic N) is 2. The fourth-order valence-electron chi connectivity index (χ4n) is 3.57. The minimum absolute atomic E-state index is 0.251. The maximum Gasteiger partial charge on any atom is 0.153 e. The zero-order chi connectivity index (χ0) is 19.1. The Morgan fingerprint density at radius 2 is 1.78 bits per heavy atom. The average Bonchev–Trinajstić information content (AvgIpc) is 3.05. The predicted molar refractivity (Wildman–Crippen MR) is 110 cm³/mol. The first-order valence-electron chi connectivity index (χ1n) is 10.2. The number of nitrogens with one attached hydrogen (secondary N) is 3. The quantitative estimate of drug-likeness (QED) is 0.451. The van der Waals surface area contributed by atoms with E-state index in [0.29, 0.717) is 0 Å². The zero-order valence-electron chi connectivity index (χ0n) is 16.4. The van der Waals surface area contributed by atoms with E-state index >= 15 is 0 Å². The molecule has 3 aromatic rings. The average molecular weight is 373 g/mol. The molecule has 0 amide bonds. The van der Waals surface area contributed by atoms with Crippen LogP contribution in [0, 0.1) is 5.82 Å². The van der Waals surface area contributed by atoms with E-state index in [1.165, 1.54) is 57.5 Å². The molecule has 2 heterocycles. The van der Waals surface area contributed by atoms with Crippen molar-refractivity contribution in [2.45, 2.75) is 46.0 Å². The third kappa shape index (κ3) is 4.95. The van der Waals surface area contributed by atoms with E-state index in [9.17, 15) is 4.39 Å². The summed E-state index contributed by atoms with van der Waals surface area (Å²) in [5.74, 6) is 0.541. The van der Waals surface area contributed by atoms with Crippen LogP contribution in [-0.2, 0) is 0 Å². The van der Waals surface area contributed by atoms with Crippen LogP contribution in [0.1, 0.15) is 46.0 Å². The van der Waals surface area contributed by atoms with E-state index in [1.807, 2.05) is 0 Å². The molecular formula is C21H31FN5+. The molecule has 0 saturated heterocycles. The van der Waals surface area contributed by atoms with Gasteiger partial charge >= 0.3 is 0 Å². The Balaban J connectivity index is 1.62. The van der Waals surface area contributed by atoms with E-state index in [1.54, 1.807) is 17.3 Å². The first-order valence-corrected chi connectivity index (χ1v) is 10.2. The molecule has 0 atom stereocenters. The number of aromatic nitrogens is 3. The monoisotopic (exact) mass is 372 g/mol. The van der Waals surface area contributed by atoms with Crippen LogP contribution in [0.4, 0.5) is 10.2 Å². The molecule has 5 nitrogen and oxygen atoms in total. The molecule has 0 spiro atoms. The summed E-state index contributed by atoms with van der Waals surface area (Å²) >= 11 is 0. The van der Waals surface area contributed by atoms with E-state index in [-0.39, 0.29) is 5.82 Å². The standard InChI is InChI=1S/C21H30FN5/c1-3-5-11-27(12-6-4-2)13-7-10-23-21-20-19(24-15-25-21)17-14-16(22)8-9-18(17)26-20/h8-9,14-15,26H,3-7,10-13H2,1-2H3,(H,23,24,25)/p+1. The Hall–Kier alpha value is -2.21. The molecule has 2 aromatic heterocycles. The van der Waals surface area contributed by atoms with E-state index in [2.05, 4.69) is 34.1 Å². The molecule has 0 fully saturated rings. The van der Waals surface area contributed by atoms with Crippen LogP contribution in [0.2, 0.25) is 0 Å². The van der Waals surface area contributed by atoms with Crippen molar-refractivity contribution in [2.75, 3.05) is 31.5 Å². The molecule has 0 unspecified atom stereocenters. The van der Waals surface area contributed by atoms with Crippen molar-refractivity contribution in [1.29, 1.82) is 0 Å². The van der Waals surface area contributed by atoms with Crippen molar-refractivity contribution in [3.63, 3.8) is 0 Å². The molecule has 146 valence electrons. The molecular weight excluding hydrogens is 341 g/mol. The highest BCUT2D eigenvalue weighted by Gasteiger charge is 2.12. The van der Waals surface area contributed by atoms with Gasteiger partial charge in [0.05, 0.1) is 19.6 Å². The summed E-state index contributed by atoms with van der Waals surface area (Å²) < 4.78 is 13.6. The fourth-order valence-corrected chi connectivity index (χ4v) is 3.57. The summed E-state index contributed by atoms with van der Waals surface area (Å²) in [6.45, 7) is 9.09. The second kappa shape index (κ2) is 9.65. The highest BCUT2D eigenvalue weighted by molar-refractivity contribution is 6.07. The minimum atomic E-state index is -0.251. The van der Waals surface area contributed by atoms with Crippen LogP contribution in [0.5, 0.6) is 0 Å². The number of hydrogen-bond donors (Lipinski definition) is 3. The lowest BCUT2D eigenvalue weighted by Crippen LogP contribution is -3.12. The third-order valence-corrected chi connectivity index (χ3v) is 5.11. The third-order valence-electron chi connectivity index (χ3n) is 5.11. The summed E-state index contributed by atoms with van der Waals surface area (Å²) in [6, 6.07) is 4.73. The molecule has 0 radical (unpaired) electrons. The van der Waals surface area contributed by atoms with Gasteiger partial charge in [-0.25, -0.2) is 14.4 Å². The van der Waals surface area contributed by atoms with E-state index in [0.717, 1.165) is 40.7 Å². The number of hydrogen-bond acceptors (Lipinski definition) is 3. The number of anilines is 1. The largest absolute Gasteiger partial charge is 0.368 e. The maximum absolute atomic E-state index is 13.6. The first-order chi connectivity index (χ1) is 13.2. The van der Waals surface area contributed by atoms with Crippen LogP contribution in [-0.4, -0.2) is 41.1 Å². The summed E-state index contributed by atoms with van der Waals surface area (Å²) in [5, 5.41) is 4.24. The number of aromatic amines is 1. The minimum Gasteiger partial charge on any atom is -0.368 e. The van der Waals surface area contributed by atoms with Crippen molar-refractivity contribution >= 4 is 27.8 Å². The Morgan fingerprint density at radius 1 is 1.04 bits per heavy atom. The molecule has 0 aliphatic rings. The van der Waals surface area contributed by atoms with E-state index < -0.39 is 0 Å². The molecule has 3 rings (SSSR count). The number of benzene rings is 1. The van der Waals surface area contributed by atoms with Crippen molar-refractivity contribution in [3.05, 3.63) is 30.3 Å². The topological polar surface area (TPSA) is 58.0 Å². The Kier molecular flexibility index (Phi) is 6.98. The van der Waals surface area contributed by atoms with Gasteiger partial charge in [0.1, 0.15) is 23.2 Å². The van der Waals surface area contributed by atoms with Crippen molar-refractivity contribution in [3.8, 4) is 0 Å². The summed E-state index contributed by atoms with van der Waals surface area (Å²) in [7, 11) is 0. The SMILES string of the molecule is CCCC[NH+](CCCC)CCCNc1ncnc2c1[nH]c1ccc(F)cc12. The first kappa shape index (κ1) is 19.5. The van der Waals surface area contributed by atoms with E-state index in [4.69, 9.17) is 0 Å². The van der Waals surface area contributed by atoms with Crippen LogP contribution >= 0.6 is 0 Å². The summed E-state index contributed by atoms with van der Waals surface area (Å²) in [4.78, 5) is 13.8.